The molecule has 12 heavy (non-hydrogen) atoms. The van der Waals surface area contributed by atoms with Gasteiger partial charge in [-0.25, -0.2) is 0 Å². The molecule has 3 nitrogen and oxygen atoms in total. The van der Waals surface area contributed by atoms with Gasteiger partial charge < -0.3 is 10.5 Å². The van der Waals surface area contributed by atoms with Crippen LogP contribution in [0.1, 0.15) is 0 Å². The average Bonchev–Trinajstić information content (AvgIpc) is 2.00. The predicted molar refractivity (Wildman–Crippen MR) is 63.0 cm³/mol. The molecule has 1 aromatic carbocycles. The summed E-state index contributed by atoms with van der Waals surface area (Å²) in [6.45, 7) is 0.373. The Labute approximate surface area is 96.9 Å². The molecule has 0 spiro atoms. The van der Waals surface area contributed by atoms with Crippen molar-refractivity contribution in [3.05, 3.63) is 19.3 Å². The number of halogens is 2. The fraction of sp³-hybridized carbons (Fsp3) is 0. The fourth-order valence-corrected chi connectivity index (χ4v) is 2.50. The maximum Gasteiger partial charge on any atom is 0.298 e. The Hall–Kier alpha value is -0.0500. The van der Waals surface area contributed by atoms with Crippen LogP contribution in [0.4, 0.5) is 5.69 Å². The van der Waals surface area contributed by atoms with E-state index in [1.54, 1.807) is 6.07 Å². The Kier molecular flexibility index (Phi) is 3.56. The maximum absolute atomic E-state index is 10.1. The van der Waals surface area contributed by atoms with Gasteiger partial charge >= 0.3 is 0 Å². The van der Waals surface area contributed by atoms with Gasteiger partial charge in [-0.3, -0.25) is 4.79 Å². The van der Waals surface area contributed by atoms with Crippen molar-refractivity contribution in [2.45, 2.75) is 0 Å². The SMILES string of the molecule is Nc1c(I)cc(I)cc1OC=O. The zero-order chi connectivity index (χ0) is 9.14. The molecule has 0 aliphatic rings. The number of benzene rings is 1. The first-order valence-corrected chi connectivity index (χ1v) is 5.15. The molecule has 0 aliphatic heterocycles. The standard InChI is InChI=1S/C7H5I2NO2/c8-4-1-5(9)7(10)6(2-4)12-3-11/h1-3H,10H2. The molecule has 1 rings (SSSR count). The molecule has 0 saturated carbocycles. The second-order valence-corrected chi connectivity index (χ2v) is 4.42. The summed E-state index contributed by atoms with van der Waals surface area (Å²) in [4.78, 5) is 10.1. The smallest absolute Gasteiger partial charge is 0.298 e. The third kappa shape index (κ3) is 2.22. The van der Waals surface area contributed by atoms with Crippen molar-refractivity contribution >= 4 is 57.3 Å². The van der Waals surface area contributed by atoms with Crippen LogP contribution in [0.15, 0.2) is 12.1 Å². The van der Waals surface area contributed by atoms with Crippen LogP contribution in [0.5, 0.6) is 5.75 Å². The summed E-state index contributed by atoms with van der Waals surface area (Å²) in [7, 11) is 0. The lowest BCUT2D eigenvalue weighted by atomic mass is 10.3. The third-order valence-electron chi connectivity index (χ3n) is 1.23. The molecule has 64 valence electrons. The highest BCUT2D eigenvalue weighted by Crippen LogP contribution is 2.28. The molecular weight excluding hydrogens is 384 g/mol. The van der Waals surface area contributed by atoms with Crippen molar-refractivity contribution < 1.29 is 9.53 Å². The van der Waals surface area contributed by atoms with Gasteiger partial charge in [0.25, 0.3) is 6.47 Å². The van der Waals surface area contributed by atoms with E-state index in [0.29, 0.717) is 17.9 Å². The Bertz CT molecular complexity index is 315. The lowest BCUT2D eigenvalue weighted by Crippen LogP contribution is -1.97. The van der Waals surface area contributed by atoms with Crippen LogP contribution in [0.3, 0.4) is 0 Å². The first-order valence-electron chi connectivity index (χ1n) is 3.00. The Balaban J connectivity index is 3.17. The largest absolute Gasteiger partial charge is 0.426 e. The van der Waals surface area contributed by atoms with E-state index in [1.165, 1.54) is 0 Å². The van der Waals surface area contributed by atoms with Crippen molar-refractivity contribution in [2.24, 2.45) is 0 Å². The third-order valence-corrected chi connectivity index (χ3v) is 2.75. The quantitative estimate of drug-likeness (QED) is 0.479. The Morgan fingerprint density at radius 1 is 1.42 bits per heavy atom. The number of hydrogen-bond donors (Lipinski definition) is 1. The van der Waals surface area contributed by atoms with Crippen LogP contribution < -0.4 is 10.5 Å². The monoisotopic (exact) mass is 389 g/mol. The van der Waals surface area contributed by atoms with E-state index in [2.05, 4.69) is 49.9 Å². The molecule has 0 aromatic heterocycles. The summed E-state index contributed by atoms with van der Waals surface area (Å²) in [5.41, 5.74) is 6.15. The molecule has 5 heteroatoms. The number of ether oxygens (including phenoxy) is 1. The minimum absolute atomic E-state index is 0.373. The fourth-order valence-electron chi connectivity index (χ4n) is 0.710. The second-order valence-electron chi connectivity index (χ2n) is 2.01. The topological polar surface area (TPSA) is 52.3 Å². The van der Waals surface area contributed by atoms with Gasteiger partial charge in [-0.2, -0.15) is 0 Å². The molecule has 0 heterocycles. The summed E-state index contributed by atoms with van der Waals surface area (Å²) in [5, 5.41) is 0. The van der Waals surface area contributed by atoms with Crippen molar-refractivity contribution in [1.29, 1.82) is 0 Å². The minimum atomic E-state index is 0.373. The Morgan fingerprint density at radius 2 is 2.08 bits per heavy atom. The highest BCUT2D eigenvalue weighted by molar-refractivity contribution is 14.1. The van der Waals surface area contributed by atoms with E-state index < -0.39 is 0 Å². The highest BCUT2D eigenvalue weighted by atomic mass is 127. The van der Waals surface area contributed by atoms with Crippen LogP contribution in [0.25, 0.3) is 0 Å². The summed E-state index contributed by atoms with van der Waals surface area (Å²) in [6, 6.07) is 3.63. The molecule has 1 aromatic rings. The molecule has 2 N–H and O–H groups in total. The van der Waals surface area contributed by atoms with Crippen LogP contribution in [0, 0.1) is 7.14 Å². The number of hydrogen-bond acceptors (Lipinski definition) is 3. The molecule has 0 atom stereocenters. The van der Waals surface area contributed by atoms with E-state index in [1.807, 2.05) is 6.07 Å². The van der Waals surface area contributed by atoms with Gasteiger partial charge in [-0.1, -0.05) is 0 Å². The van der Waals surface area contributed by atoms with Gasteiger partial charge in [-0.05, 0) is 57.3 Å². The number of nitrogen functional groups attached to an aromatic ring is 1. The molecular formula is C7H5I2NO2. The molecule has 0 unspecified atom stereocenters. The van der Waals surface area contributed by atoms with E-state index in [4.69, 9.17) is 5.73 Å². The Morgan fingerprint density at radius 3 is 2.67 bits per heavy atom. The molecule has 0 amide bonds. The number of carbonyl (C=O) groups is 1. The van der Waals surface area contributed by atoms with Crippen molar-refractivity contribution in [1.82, 2.24) is 0 Å². The molecule has 0 aliphatic carbocycles. The van der Waals surface area contributed by atoms with Crippen LogP contribution in [-0.4, -0.2) is 6.47 Å². The average molecular weight is 389 g/mol. The van der Waals surface area contributed by atoms with Gasteiger partial charge in [0.2, 0.25) is 0 Å². The van der Waals surface area contributed by atoms with Crippen LogP contribution in [-0.2, 0) is 4.79 Å². The second kappa shape index (κ2) is 4.26. The summed E-state index contributed by atoms with van der Waals surface area (Å²) in [5.74, 6) is 0.418. The summed E-state index contributed by atoms with van der Waals surface area (Å²) >= 11 is 4.22. The lowest BCUT2D eigenvalue weighted by Gasteiger charge is -2.04. The number of carbonyl (C=O) groups excluding carboxylic acids is 1. The van der Waals surface area contributed by atoms with Crippen molar-refractivity contribution in [3.63, 3.8) is 0 Å². The highest BCUT2D eigenvalue weighted by Gasteiger charge is 2.05. The van der Waals surface area contributed by atoms with Gasteiger partial charge in [0.05, 0.1) is 5.69 Å². The van der Waals surface area contributed by atoms with Crippen molar-refractivity contribution in [2.75, 3.05) is 5.73 Å². The molecule has 0 bridgehead atoms. The molecule has 0 fully saturated rings. The van der Waals surface area contributed by atoms with Crippen LogP contribution >= 0.6 is 45.2 Å². The van der Waals surface area contributed by atoms with E-state index >= 15 is 0 Å². The van der Waals surface area contributed by atoms with Gasteiger partial charge in [0.15, 0.2) is 5.75 Å². The molecule has 0 radical (unpaired) electrons. The lowest BCUT2D eigenvalue weighted by molar-refractivity contribution is -0.120. The number of nitrogens with two attached hydrogens (primary N) is 1. The normalized spacial score (nSPS) is 9.50. The van der Waals surface area contributed by atoms with Gasteiger partial charge in [0, 0.05) is 7.14 Å². The van der Waals surface area contributed by atoms with Gasteiger partial charge in [0.1, 0.15) is 0 Å². The zero-order valence-corrected chi connectivity index (χ0v) is 10.2. The van der Waals surface area contributed by atoms with E-state index in [0.717, 1.165) is 7.14 Å². The van der Waals surface area contributed by atoms with E-state index in [9.17, 15) is 4.79 Å². The molecule has 0 saturated heterocycles. The first-order chi connectivity index (χ1) is 5.65. The first kappa shape index (κ1) is 10.0. The van der Waals surface area contributed by atoms with E-state index in [-0.39, 0.29) is 0 Å². The number of anilines is 1. The zero-order valence-electron chi connectivity index (χ0n) is 5.88. The van der Waals surface area contributed by atoms with Gasteiger partial charge in [-0.15, -0.1) is 0 Å². The number of rotatable bonds is 2. The van der Waals surface area contributed by atoms with Crippen LogP contribution in [0.2, 0.25) is 0 Å². The van der Waals surface area contributed by atoms with Crippen molar-refractivity contribution in [3.8, 4) is 5.75 Å². The summed E-state index contributed by atoms with van der Waals surface area (Å²) in [6.07, 6.45) is 0. The predicted octanol–water partition coefficient (Wildman–Crippen LogP) is 2.01. The maximum atomic E-state index is 10.1. The minimum Gasteiger partial charge on any atom is -0.426 e. The summed E-state index contributed by atoms with van der Waals surface area (Å²) < 4.78 is 6.56.